The Kier molecular flexibility index (Phi) is 5.42. The average molecular weight is 391 g/mol. The van der Waals surface area contributed by atoms with Gasteiger partial charge in [0.2, 0.25) is 11.8 Å². The predicted molar refractivity (Wildman–Crippen MR) is 107 cm³/mol. The molecule has 0 bridgehead atoms. The molecule has 1 aliphatic heterocycles. The number of halogens is 1. The van der Waals surface area contributed by atoms with Crippen LogP contribution in [0.25, 0.3) is 0 Å². The van der Waals surface area contributed by atoms with E-state index >= 15 is 0 Å². The predicted octanol–water partition coefficient (Wildman–Crippen LogP) is 4.41. The maximum Gasteiger partial charge on any atom is 0.246 e. The third-order valence-corrected chi connectivity index (χ3v) is 5.54. The molecule has 1 unspecified atom stereocenters. The lowest BCUT2D eigenvalue weighted by molar-refractivity contribution is -0.121. The van der Waals surface area contributed by atoms with Crippen LogP contribution in [-0.2, 0) is 9.59 Å². The summed E-state index contributed by atoms with van der Waals surface area (Å²) in [6.07, 6.45) is 0.0641. The Morgan fingerprint density at radius 2 is 1.92 bits per heavy atom. The van der Waals surface area contributed by atoms with Crippen LogP contribution in [0.4, 0.5) is 11.4 Å². The molecule has 1 saturated heterocycles. The third-order valence-electron chi connectivity index (χ3n) is 3.78. The summed E-state index contributed by atoms with van der Waals surface area (Å²) in [5, 5.41) is 2.85. The van der Waals surface area contributed by atoms with Crippen LogP contribution in [-0.4, -0.2) is 21.4 Å². The number of amides is 2. The lowest BCUT2D eigenvalue weighted by Crippen LogP contribution is -2.33. The van der Waals surface area contributed by atoms with Crippen molar-refractivity contribution in [2.24, 2.45) is 0 Å². The van der Waals surface area contributed by atoms with Crippen LogP contribution in [0.2, 0.25) is 5.02 Å². The molecule has 0 aromatic heterocycles. The van der Waals surface area contributed by atoms with Gasteiger partial charge in [-0.15, -0.1) is 0 Å². The summed E-state index contributed by atoms with van der Waals surface area (Å²) in [5.41, 5.74) is 2.37. The molecule has 0 saturated carbocycles. The van der Waals surface area contributed by atoms with Crippen molar-refractivity contribution < 1.29 is 9.59 Å². The molecule has 128 valence electrons. The molecule has 4 nitrogen and oxygen atoms in total. The second-order valence-corrected chi connectivity index (χ2v) is 7.86. The van der Waals surface area contributed by atoms with Crippen LogP contribution < -0.4 is 10.2 Å². The van der Waals surface area contributed by atoms with Gasteiger partial charge in [0.15, 0.2) is 0 Å². The second kappa shape index (κ2) is 7.56. The number of thioether (sulfide) groups is 1. The van der Waals surface area contributed by atoms with E-state index in [9.17, 15) is 9.59 Å². The molecule has 0 aliphatic carbocycles. The van der Waals surface area contributed by atoms with Gasteiger partial charge < -0.3 is 5.32 Å². The number of para-hydroxylation sites is 1. The van der Waals surface area contributed by atoms with E-state index in [2.05, 4.69) is 5.32 Å². The molecule has 1 atom stereocenters. The number of hydrogen-bond acceptors (Lipinski definition) is 4. The summed E-state index contributed by atoms with van der Waals surface area (Å²) in [6.45, 7) is 1.93. The van der Waals surface area contributed by atoms with Gasteiger partial charge in [0.25, 0.3) is 0 Å². The fourth-order valence-electron chi connectivity index (χ4n) is 2.53. The van der Waals surface area contributed by atoms with E-state index in [0.717, 1.165) is 11.3 Å². The maximum atomic E-state index is 12.7. The number of thiocarbonyl (C=S) groups is 1. The SMILES string of the molecule is Cc1ccccc1N1C(=O)C(CC(=O)Nc2ccc(Cl)cc2)SC1=S. The summed E-state index contributed by atoms with van der Waals surface area (Å²) in [6, 6.07) is 14.4. The van der Waals surface area contributed by atoms with Crippen molar-refractivity contribution >= 4 is 63.1 Å². The molecule has 2 amide bonds. The van der Waals surface area contributed by atoms with Gasteiger partial charge in [-0.1, -0.05) is 53.8 Å². The smallest absolute Gasteiger partial charge is 0.246 e. The molecular formula is C18H15ClN2O2S2. The van der Waals surface area contributed by atoms with E-state index in [1.54, 1.807) is 24.3 Å². The topological polar surface area (TPSA) is 49.4 Å². The fraction of sp³-hybridized carbons (Fsp3) is 0.167. The largest absolute Gasteiger partial charge is 0.326 e. The quantitative estimate of drug-likeness (QED) is 0.785. The highest BCUT2D eigenvalue weighted by atomic mass is 35.5. The highest BCUT2D eigenvalue weighted by Crippen LogP contribution is 2.35. The highest BCUT2D eigenvalue weighted by Gasteiger charge is 2.39. The Hall–Kier alpha value is -1.89. The molecule has 25 heavy (non-hydrogen) atoms. The summed E-state index contributed by atoms with van der Waals surface area (Å²) < 4.78 is 0.476. The van der Waals surface area contributed by atoms with Crippen LogP contribution in [0, 0.1) is 6.92 Å². The van der Waals surface area contributed by atoms with Gasteiger partial charge in [0.05, 0.1) is 5.69 Å². The van der Waals surface area contributed by atoms with Crippen molar-refractivity contribution in [1.82, 2.24) is 0 Å². The number of benzene rings is 2. The van der Waals surface area contributed by atoms with E-state index < -0.39 is 5.25 Å². The van der Waals surface area contributed by atoms with E-state index in [-0.39, 0.29) is 18.2 Å². The van der Waals surface area contributed by atoms with E-state index in [0.29, 0.717) is 15.0 Å². The number of nitrogens with one attached hydrogen (secondary N) is 1. The zero-order valence-corrected chi connectivity index (χ0v) is 15.8. The van der Waals surface area contributed by atoms with Crippen molar-refractivity contribution in [3.8, 4) is 0 Å². The molecule has 1 fully saturated rings. The first-order valence-corrected chi connectivity index (χ1v) is 9.28. The van der Waals surface area contributed by atoms with Crippen molar-refractivity contribution in [2.75, 3.05) is 10.2 Å². The number of carbonyl (C=O) groups excluding carboxylic acids is 2. The minimum Gasteiger partial charge on any atom is -0.326 e. The third kappa shape index (κ3) is 4.03. The molecule has 1 aliphatic rings. The minimum atomic E-state index is -0.514. The first-order valence-electron chi connectivity index (χ1n) is 7.61. The molecule has 1 heterocycles. The van der Waals surface area contributed by atoms with Gasteiger partial charge in [-0.2, -0.15) is 0 Å². The van der Waals surface area contributed by atoms with Gasteiger partial charge >= 0.3 is 0 Å². The first-order chi connectivity index (χ1) is 12.0. The van der Waals surface area contributed by atoms with Crippen molar-refractivity contribution in [3.05, 3.63) is 59.1 Å². The van der Waals surface area contributed by atoms with Crippen molar-refractivity contribution in [3.63, 3.8) is 0 Å². The summed E-state index contributed by atoms with van der Waals surface area (Å²) in [4.78, 5) is 26.5. The van der Waals surface area contributed by atoms with Crippen LogP contribution in [0.5, 0.6) is 0 Å². The molecule has 2 aromatic rings. The maximum absolute atomic E-state index is 12.7. The Morgan fingerprint density at radius 1 is 1.24 bits per heavy atom. The number of aryl methyl sites for hydroxylation is 1. The standard InChI is InChI=1S/C18H15ClN2O2S2/c1-11-4-2-3-5-14(11)21-17(23)15(25-18(21)24)10-16(22)20-13-8-6-12(19)7-9-13/h2-9,15H,10H2,1H3,(H,20,22). The number of rotatable bonds is 4. The number of hydrogen-bond donors (Lipinski definition) is 1. The lowest BCUT2D eigenvalue weighted by atomic mass is 10.1. The van der Waals surface area contributed by atoms with Crippen molar-refractivity contribution in [1.29, 1.82) is 0 Å². The molecule has 2 aromatic carbocycles. The Labute approximate surface area is 160 Å². The van der Waals surface area contributed by atoms with Crippen LogP contribution in [0.1, 0.15) is 12.0 Å². The first kappa shape index (κ1) is 17.9. The molecule has 3 rings (SSSR count). The van der Waals surface area contributed by atoms with Gasteiger partial charge in [-0.05, 0) is 42.8 Å². The normalized spacial score (nSPS) is 17.0. The fourth-order valence-corrected chi connectivity index (χ4v) is 4.17. The van der Waals surface area contributed by atoms with Crippen molar-refractivity contribution in [2.45, 2.75) is 18.6 Å². The molecule has 0 radical (unpaired) electrons. The minimum absolute atomic E-state index is 0.0641. The van der Waals surface area contributed by atoms with Gasteiger partial charge in [0.1, 0.15) is 9.57 Å². The Bertz CT molecular complexity index is 839. The Morgan fingerprint density at radius 3 is 2.60 bits per heavy atom. The summed E-state index contributed by atoms with van der Waals surface area (Å²) >= 11 is 12.4. The molecule has 7 heteroatoms. The average Bonchev–Trinajstić information content (AvgIpc) is 2.84. The highest BCUT2D eigenvalue weighted by molar-refractivity contribution is 8.25. The summed E-state index contributed by atoms with van der Waals surface area (Å²) in [5.74, 6) is -0.391. The zero-order chi connectivity index (χ0) is 18.0. The second-order valence-electron chi connectivity index (χ2n) is 5.59. The van der Waals surface area contributed by atoms with E-state index in [4.69, 9.17) is 23.8 Å². The molecular weight excluding hydrogens is 376 g/mol. The summed E-state index contributed by atoms with van der Waals surface area (Å²) in [7, 11) is 0. The zero-order valence-electron chi connectivity index (χ0n) is 13.4. The lowest BCUT2D eigenvalue weighted by Gasteiger charge is -2.17. The molecule has 1 N–H and O–H groups in total. The van der Waals surface area contributed by atoms with Gasteiger partial charge in [-0.25, -0.2) is 0 Å². The van der Waals surface area contributed by atoms with Crippen LogP contribution >= 0.6 is 35.6 Å². The Balaban J connectivity index is 1.69. The van der Waals surface area contributed by atoms with Gasteiger partial charge in [0, 0.05) is 17.1 Å². The number of carbonyl (C=O) groups is 2. The molecule has 0 spiro atoms. The monoisotopic (exact) mass is 390 g/mol. The van der Waals surface area contributed by atoms with E-state index in [1.165, 1.54) is 16.7 Å². The number of anilines is 2. The number of nitrogens with zero attached hydrogens (tertiary/aromatic N) is 1. The van der Waals surface area contributed by atoms with E-state index in [1.807, 2.05) is 31.2 Å². The van der Waals surface area contributed by atoms with Crippen LogP contribution in [0.3, 0.4) is 0 Å². The van der Waals surface area contributed by atoms with Gasteiger partial charge in [-0.3, -0.25) is 14.5 Å². The van der Waals surface area contributed by atoms with Crippen LogP contribution in [0.15, 0.2) is 48.5 Å².